The van der Waals surface area contributed by atoms with Gasteiger partial charge in [0.25, 0.3) is 0 Å². The summed E-state index contributed by atoms with van der Waals surface area (Å²) < 4.78 is 26.2. The maximum absolute atomic E-state index is 12.4. The van der Waals surface area contributed by atoms with E-state index in [0.29, 0.717) is 23.0 Å². The van der Waals surface area contributed by atoms with Gasteiger partial charge in [0.05, 0.1) is 4.90 Å². The Kier molecular flexibility index (Phi) is 4.76. The molecule has 2 N–H and O–H groups in total. The van der Waals surface area contributed by atoms with E-state index in [1.54, 1.807) is 26.1 Å². The normalized spacial score (nSPS) is 12.3. The summed E-state index contributed by atoms with van der Waals surface area (Å²) in [4.78, 5) is 0.300. The monoisotopic (exact) mass is 270 g/mol. The van der Waals surface area contributed by atoms with Gasteiger partial charge in [-0.05, 0) is 37.0 Å². The summed E-state index contributed by atoms with van der Waals surface area (Å²) >= 11 is 0. The van der Waals surface area contributed by atoms with Crippen molar-refractivity contribution in [3.63, 3.8) is 0 Å². The first-order chi connectivity index (χ1) is 8.25. The molecule has 0 aromatic heterocycles. The molecule has 0 saturated carbocycles. The second-order valence-corrected chi connectivity index (χ2v) is 7.05. The Morgan fingerprint density at radius 1 is 1.33 bits per heavy atom. The third-order valence-corrected chi connectivity index (χ3v) is 4.92. The molecule has 0 fully saturated rings. The zero-order valence-corrected chi connectivity index (χ0v) is 12.3. The van der Waals surface area contributed by atoms with Crippen LogP contribution in [0.15, 0.2) is 23.1 Å². The molecule has 1 aromatic rings. The number of aryl methyl sites for hydroxylation is 1. The van der Waals surface area contributed by atoms with Gasteiger partial charge in [0.1, 0.15) is 0 Å². The highest BCUT2D eigenvalue weighted by atomic mass is 32.2. The van der Waals surface area contributed by atoms with Crippen LogP contribution in [0.1, 0.15) is 25.8 Å². The summed E-state index contributed by atoms with van der Waals surface area (Å²) in [5.41, 5.74) is 6.86. The quantitative estimate of drug-likeness (QED) is 0.835. The van der Waals surface area contributed by atoms with E-state index >= 15 is 0 Å². The number of hydrogen-bond acceptors (Lipinski definition) is 3. The largest absolute Gasteiger partial charge is 0.399 e. The molecule has 0 atom stereocenters. The van der Waals surface area contributed by atoms with Crippen molar-refractivity contribution in [2.45, 2.75) is 32.1 Å². The van der Waals surface area contributed by atoms with Crippen molar-refractivity contribution in [2.24, 2.45) is 5.92 Å². The van der Waals surface area contributed by atoms with E-state index in [1.807, 2.05) is 0 Å². The van der Waals surface area contributed by atoms with E-state index in [1.165, 1.54) is 10.4 Å². The Balaban J connectivity index is 3.02. The highest BCUT2D eigenvalue weighted by molar-refractivity contribution is 7.89. The summed E-state index contributed by atoms with van der Waals surface area (Å²) in [6.45, 7) is 6.45. The molecular formula is C13H22N2O2S. The lowest BCUT2D eigenvalue weighted by Gasteiger charge is -2.19. The second kappa shape index (κ2) is 5.71. The van der Waals surface area contributed by atoms with Crippen LogP contribution >= 0.6 is 0 Å². The molecule has 5 heteroatoms. The number of nitrogens with zero attached hydrogens (tertiary/aromatic N) is 1. The fourth-order valence-corrected chi connectivity index (χ4v) is 3.06. The predicted octanol–water partition coefficient (Wildman–Crippen LogP) is 2.24. The maximum atomic E-state index is 12.4. The number of rotatable bonds is 5. The maximum Gasteiger partial charge on any atom is 0.243 e. The first-order valence-electron chi connectivity index (χ1n) is 6.07. The minimum Gasteiger partial charge on any atom is -0.399 e. The van der Waals surface area contributed by atoms with Crippen LogP contribution in [0, 0.1) is 12.8 Å². The molecule has 0 unspecified atom stereocenters. The number of sulfonamides is 1. The molecular weight excluding hydrogens is 248 g/mol. The topological polar surface area (TPSA) is 63.4 Å². The van der Waals surface area contributed by atoms with Gasteiger partial charge in [0.2, 0.25) is 10.0 Å². The van der Waals surface area contributed by atoms with E-state index < -0.39 is 10.0 Å². The molecule has 0 bridgehead atoms. The minimum absolute atomic E-state index is 0.300. The van der Waals surface area contributed by atoms with Gasteiger partial charge in [-0.2, -0.15) is 0 Å². The van der Waals surface area contributed by atoms with Crippen molar-refractivity contribution in [1.82, 2.24) is 4.31 Å². The van der Waals surface area contributed by atoms with Crippen molar-refractivity contribution in [3.8, 4) is 0 Å². The van der Waals surface area contributed by atoms with E-state index in [2.05, 4.69) is 13.8 Å². The van der Waals surface area contributed by atoms with Crippen LogP contribution < -0.4 is 5.73 Å². The van der Waals surface area contributed by atoms with Gasteiger partial charge in [-0.3, -0.25) is 0 Å². The second-order valence-electron chi connectivity index (χ2n) is 5.03. The Bertz CT molecular complexity index is 510. The molecule has 0 aliphatic heterocycles. The van der Waals surface area contributed by atoms with Crippen LogP contribution in [0.3, 0.4) is 0 Å². The molecule has 0 spiro atoms. The van der Waals surface area contributed by atoms with Crippen LogP contribution in [-0.4, -0.2) is 26.3 Å². The SMILES string of the molecule is Cc1ccc(N)cc1S(=O)(=O)N(C)CCC(C)C. The number of anilines is 1. The summed E-state index contributed by atoms with van der Waals surface area (Å²) in [7, 11) is -1.82. The van der Waals surface area contributed by atoms with Crippen molar-refractivity contribution in [2.75, 3.05) is 19.3 Å². The molecule has 4 nitrogen and oxygen atoms in total. The Morgan fingerprint density at radius 3 is 2.50 bits per heavy atom. The third-order valence-electron chi connectivity index (χ3n) is 2.92. The summed E-state index contributed by atoms with van der Waals surface area (Å²) in [6.07, 6.45) is 0.844. The van der Waals surface area contributed by atoms with E-state index in [-0.39, 0.29) is 0 Å². The van der Waals surface area contributed by atoms with Gasteiger partial charge in [0, 0.05) is 19.3 Å². The third kappa shape index (κ3) is 3.46. The van der Waals surface area contributed by atoms with Gasteiger partial charge < -0.3 is 5.73 Å². The Labute approximate surface area is 110 Å². The van der Waals surface area contributed by atoms with Crippen molar-refractivity contribution in [3.05, 3.63) is 23.8 Å². The summed E-state index contributed by atoms with van der Waals surface area (Å²) in [5, 5.41) is 0. The highest BCUT2D eigenvalue weighted by Gasteiger charge is 2.22. The lowest BCUT2D eigenvalue weighted by molar-refractivity contribution is 0.428. The number of benzene rings is 1. The zero-order chi connectivity index (χ0) is 13.9. The van der Waals surface area contributed by atoms with Crippen LogP contribution in [0.2, 0.25) is 0 Å². The molecule has 0 heterocycles. The van der Waals surface area contributed by atoms with Gasteiger partial charge in [0.15, 0.2) is 0 Å². The Hall–Kier alpha value is -1.07. The van der Waals surface area contributed by atoms with Crippen LogP contribution in [0.25, 0.3) is 0 Å². The van der Waals surface area contributed by atoms with E-state index in [9.17, 15) is 8.42 Å². The van der Waals surface area contributed by atoms with Crippen molar-refractivity contribution >= 4 is 15.7 Å². The smallest absolute Gasteiger partial charge is 0.243 e. The average molecular weight is 270 g/mol. The molecule has 0 radical (unpaired) electrons. The van der Waals surface area contributed by atoms with Gasteiger partial charge >= 0.3 is 0 Å². The fourth-order valence-electron chi connectivity index (χ4n) is 1.62. The molecule has 1 aromatic carbocycles. The lowest BCUT2D eigenvalue weighted by atomic mass is 10.1. The molecule has 0 saturated heterocycles. The van der Waals surface area contributed by atoms with Crippen LogP contribution in [0.5, 0.6) is 0 Å². The van der Waals surface area contributed by atoms with Crippen LogP contribution in [0.4, 0.5) is 5.69 Å². The number of nitrogens with two attached hydrogens (primary N) is 1. The van der Waals surface area contributed by atoms with Gasteiger partial charge in [-0.15, -0.1) is 0 Å². The first-order valence-corrected chi connectivity index (χ1v) is 7.51. The standard InChI is InChI=1S/C13H22N2O2S/c1-10(2)7-8-15(4)18(16,17)13-9-12(14)6-5-11(13)3/h5-6,9-10H,7-8,14H2,1-4H3. The van der Waals surface area contributed by atoms with Gasteiger partial charge in [-0.25, -0.2) is 12.7 Å². The summed E-state index contributed by atoms with van der Waals surface area (Å²) in [6, 6.07) is 4.97. The first kappa shape index (κ1) is 15.0. The number of nitrogen functional groups attached to an aromatic ring is 1. The zero-order valence-electron chi connectivity index (χ0n) is 11.5. The molecule has 0 amide bonds. The average Bonchev–Trinajstić information content (AvgIpc) is 2.28. The van der Waals surface area contributed by atoms with E-state index in [0.717, 1.165) is 12.0 Å². The predicted molar refractivity (Wildman–Crippen MR) is 74.9 cm³/mol. The Morgan fingerprint density at radius 2 is 1.94 bits per heavy atom. The van der Waals surface area contributed by atoms with E-state index in [4.69, 9.17) is 5.73 Å². The van der Waals surface area contributed by atoms with Crippen molar-refractivity contribution < 1.29 is 8.42 Å². The molecule has 0 aliphatic carbocycles. The minimum atomic E-state index is -3.43. The molecule has 1 rings (SSSR count). The molecule has 0 aliphatic rings. The lowest BCUT2D eigenvalue weighted by Crippen LogP contribution is -2.29. The van der Waals surface area contributed by atoms with Crippen LogP contribution in [-0.2, 0) is 10.0 Å². The fraction of sp³-hybridized carbons (Fsp3) is 0.538. The van der Waals surface area contributed by atoms with Gasteiger partial charge in [-0.1, -0.05) is 19.9 Å². The number of hydrogen-bond donors (Lipinski definition) is 1. The molecule has 102 valence electrons. The van der Waals surface area contributed by atoms with Crippen molar-refractivity contribution in [1.29, 1.82) is 0 Å². The highest BCUT2D eigenvalue weighted by Crippen LogP contribution is 2.22. The molecule has 18 heavy (non-hydrogen) atoms. The summed E-state index contributed by atoms with van der Waals surface area (Å²) in [5.74, 6) is 0.476.